The van der Waals surface area contributed by atoms with E-state index in [2.05, 4.69) is 10.5 Å². The fourth-order valence-electron chi connectivity index (χ4n) is 3.49. The molecule has 0 unspecified atom stereocenters. The number of amides is 2. The van der Waals surface area contributed by atoms with Gasteiger partial charge in [0.25, 0.3) is 0 Å². The Kier molecular flexibility index (Phi) is 9.63. The average Bonchev–Trinajstić information content (AvgIpc) is 3.33. The number of halogens is 2. The Balaban J connectivity index is 1.53. The van der Waals surface area contributed by atoms with E-state index >= 15 is 0 Å². The number of ether oxygens (including phenoxy) is 1. The molecule has 0 fully saturated rings. The summed E-state index contributed by atoms with van der Waals surface area (Å²) in [4.78, 5) is 26.6. The first-order chi connectivity index (χ1) is 16.9. The van der Waals surface area contributed by atoms with Crippen LogP contribution in [0, 0.1) is 5.82 Å². The van der Waals surface area contributed by atoms with Crippen molar-refractivity contribution in [3.05, 3.63) is 71.0 Å². The van der Waals surface area contributed by atoms with Gasteiger partial charge in [0.15, 0.2) is 0 Å². The highest BCUT2D eigenvalue weighted by molar-refractivity contribution is 6.31. The summed E-state index contributed by atoms with van der Waals surface area (Å²) < 4.78 is 24.2. The molecule has 0 aliphatic heterocycles. The van der Waals surface area contributed by atoms with Crippen LogP contribution in [0.25, 0.3) is 11.3 Å². The van der Waals surface area contributed by atoms with Crippen molar-refractivity contribution in [1.29, 1.82) is 0 Å². The van der Waals surface area contributed by atoms with E-state index in [1.54, 1.807) is 25.2 Å². The number of nitrogens with zero attached hydrogens (tertiary/aromatic N) is 2. The first-order valence-corrected chi connectivity index (χ1v) is 11.6. The second-order valence-electron chi connectivity index (χ2n) is 7.97. The summed E-state index contributed by atoms with van der Waals surface area (Å²) in [6, 6.07) is 15.1. The van der Waals surface area contributed by atoms with E-state index in [1.807, 2.05) is 30.3 Å². The van der Waals surface area contributed by atoms with Crippen molar-refractivity contribution in [2.24, 2.45) is 5.73 Å². The van der Waals surface area contributed by atoms with E-state index in [4.69, 9.17) is 26.6 Å². The highest BCUT2D eigenvalue weighted by atomic mass is 35.5. The van der Waals surface area contributed by atoms with Crippen molar-refractivity contribution in [3.63, 3.8) is 0 Å². The van der Waals surface area contributed by atoms with Crippen molar-refractivity contribution in [3.8, 4) is 11.3 Å². The van der Waals surface area contributed by atoms with Gasteiger partial charge in [-0.2, -0.15) is 0 Å². The van der Waals surface area contributed by atoms with Gasteiger partial charge in [-0.25, -0.2) is 9.18 Å². The molecule has 3 aromatic rings. The molecule has 3 N–H and O–H groups in total. The largest absolute Gasteiger partial charge is 0.447 e. The molecule has 1 atom stereocenters. The first kappa shape index (κ1) is 26.2. The Morgan fingerprint density at radius 2 is 2.00 bits per heavy atom. The summed E-state index contributed by atoms with van der Waals surface area (Å²) in [5.74, 6) is -0.560. The summed E-state index contributed by atoms with van der Waals surface area (Å²) in [6.45, 7) is 0.401. The molecule has 2 amide bonds. The van der Waals surface area contributed by atoms with Crippen LogP contribution in [0.2, 0.25) is 5.02 Å². The molecule has 35 heavy (non-hydrogen) atoms. The fraction of sp³-hybridized carbons (Fsp3) is 0.320. The molecule has 1 aromatic heterocycles. The molecule has 8 nitrogen and oxygen atoms in total. The highest BCUT2D eigenvalue weighted by Gasteiger charge is 2.22. The Morgan fingerprint density at radius 1 is 1.23 bits per heavy atom. The van der Waals surface area contributed by atoms with Gasteiger partial charge >= 0.3 is 6.09 Å². The van der Waals surface area contributed by atoms with E-state index in [-0.39, 0.29) is 35.9 Å². The van der Waals surface area contributed by atoms with Crippen molar-refractivity contribution in [1.82, 2.24) is 10.1 Å². The van der Waals surface area contributed by atoms with Crippen molar-refractivity contribution >= 4 is 29.5 Å². The van der Waals surface area contributed by atoms with Crippen LogP contribution in [0.3, 0.4) is 0 Å². The van der Waals surface area contributed by atoms with Gasteiger partial charge in [-0.1, -0.05) is 59.2 Å². The number of carbonyl (C=O) groups is 2. The lowest BCUT2D eigenvalue weighted by Gasteiger charge is -2.28. The summed E-state index contributed by atoms with van der Waals surface area (Å²) in [7, 11) is 1.64. The molecule has 0 saturated heterocycles. The summed E-state index contributed by atoms with van der Waals surface area (Å²) >= 11 is 5.98. The minimum absolute atomic E-state index is 0.0190. The number of hydrogen-bond donors (Lipinski definition) is 2. The van der Waals surface area contributed by atoms with Crippen LogP contribution < -0.4 is 11.1 Å². The summed E-state index contributed by atoms with van der Waals surface area (Å²) in [5.41, 5.74) is 7.61. The molecule has 186 valence electrons. The number of rotatable bonds is 11. The van der Waals surface area contributed by atoms with Gasteiger partial charge in [-0.3, -0.25) is 10.1 Å². The van der Waals surface area contributed by atoms with Crippen LogP contribution in [-0.2, 0) is 16.0 Å². The number of aromatic nitrogens is 1. The molecule has 10 heteroatoms. The maximum absolute atomic E-state index is 13.6. The standard InChI is InChI=1S/C25H28ClFN4O4/c1-31(23(32)13-12-18-9-5-11-20(27)24(18)26)19(10-6-14-28)16-34-25(33)29-22-15-21(30-35-22)17-7-3-2-4-8-17/h2-5,7-9,11,15,19H,6,10,12-14,16,28H2,1H3,(H,29,33)/t19-/m0/s1. The maximum Gasteiger partial charge on any atom is 0.414 e. The second kappa shape index (κ2) is 12.9. The summed E-state index contributed by atoms with van der Waals surface area (Å²) in [5, 5.41) is 6.46. The number of likely N-dealkylation sites (N-methyl/N-ethyl adjacent to an activating group) is 1. The summed E-state index contributed by atoms with van der Waals surface area (Å²) in [6.07, 6.45) is 0.884. The Labute approximate surface area is 208 Å². The lowest BCUT2D eigenvalue weighted by Crippen LogP contribution is -2.41. The zero-order valence-electron chi connectivity index (χ0n) is 19.4. The predicted molar refractivity (Wildman–Crippen MR) is 131 cm³/mol. The Bertz CT molecular complexity index is 1130. The van der Waals surface area contributed by atoms with Crippen LogP contribution in [0.5, 0.6) is 0 Å². The molecule has 3 rings (SSSR count). The number of benzene rings is 2. The van der Waals surface area contributed by atoms with Gasteiger partial charge in [0.2, 0.25) is 11.8 Å². The fourth-order valence-corrected chi connectivity index (χ4v) is 3.71. The van der Waals surface area contributed by atoms with Gasteiger partial charge in [-0.05, 0) is 37.4 Å². The molecule has 0 aliphatic rings. The van der Waals surface area contributed by atoms with Crippen LogP contribution in [0.15, 0.2) is 59.1 Å². The topological polar surface area (TPSA) is 111 Å². The zero-order chi connectivity index (χ0) is 25.2. The quantitative estimate of drug-likeness (QED) is 0.386. The lowest BCUT2D eigenvalue weighted by molar-refractivity contribution is -0.132. The lowest BCUT2D eigenvalue weighted by atomic mass is 10.1. The molecular formula is C25H28ClFN4O4. The van der Waals surface area contributed by atoms with Crippen molar-refractivity contribution in [2.45, 2.75) is 31.7 Å². The Morgan fingerprint density at radius 3 is 2.74 bits per heavy atom. The number of anilines is 1. The molecule has 0 spiro atoms. The van der Waals surface area contributed by atoms with Gasteiger partial charge in [-0.15, -0.1) is 0 Å². The number of carbonyl (C=O) groups excluding carboxylic acids is 2. The number of hydrogen-bond acceptors (Lipinski definition) is 6. The van der Waals surface area contributed by atoms with Crippen molar-refractivity contribution < 1.29 is 23.2 Å². The van der Waals surface area contributed by atoms with Gasteiger partial charge in [0.05, 0.1) is 11.1 Å². The van der Waals surface area contributed by atoms with E-state index in [0.29, 0.717) is 37.1 Å². The number of nitrogens with one attached hydrogen (secondary N) is 1. The van der Waals surface area contributed by atoms with E-state index < -0.39 is 11.9 Å². The van der Waals surface area contributed by atoms with E-state index in [9.17, 15) is 14.0 Å². The van der Waals surface area contributed by atoms with Crippen LogP contribution in [0.4, 0.5) is 15.1 Å². The van der Waals surface area contributed by atoms with E-state index in [1.165, 1.54) is 11.0 Å². The van der Waals surface area contributed by atoms with Crippen LogP contribution in [-0.4, -0.2) is 48.3 Å². The third kappa shape index (κ3) is 7.53. The Hall–Kier alpha value is -3.43. The van der Waals surface area contributed by atoms with Gasteiger partial charge in [0, 0.05) is 25.1 Å². The van der Waals surface area contributed by atoms with Gasteiger partial charge in [0.1, 0.15) is 18.1 Å². The third-order valence-corrected chi connectivity index (χ3v) is 5.96. The molecule has 1 heterocycles. The zero-order valence-corrected chi connectivity index (χ0v) is 20.1. The normalized spacial score (nSPS) is 11.7. The smallest absolute Gasteiger partial charge is 0.414 e. The van der Waals surface area contributed by atoms with Crippen LogP contribution in [0.1, 0.15) is 24.8 Å². The third-order valence-electron chi connectivity index (χ3n) is 5.53. The van der Waals surface area contributed by atoms with Gasteiger partial charge < -0.3 is 19.9 Å². The second-order valence-corrected chi connectivity index (χ2v) is 8.35. The molecule has 2 aromatic carbocycles. The SMILES string of the molecule is CN(C(=O)CCc1cccc(F)c1Cl)[C@@H](CCCN)COC(=O)Nc1cc(-c2ccccc2)no1. The monoisotopic (exact) mass is 502 g/mol. The number of aryl methyl sites for hydroxylation is 1. The number of nitrogens with two attached hydrogens (primary N) is 1. The van der Waals surface area contributed by atoms with E-state index in [0.717, 1.165) is 5.56 Å². The molecule has 0 bridgehead atoms. The first-order valence-electron chi connectivity index (χ1n) is 11.2. The minimum atomic E-state index is -0.731. The predicted octanol–water partition coefficient (Wildman–Crippen LogP) is 4.88. The van der Waals surface area contributed by atoms with Crippen LogP contribution >= 0.6 is 11.6 Å². The minimum Gasteiger partial charge on any atom is -0.447 e. The molecule has 0 saturated carbocycles. The average molecular weight is 503 g/mol. The highest BCUT2D eigenvalue weighted by Crippen LogP contribution is 2.22. The van der Waals surface area contributed by atoms with Crippen molar-refractivity contribution in [2.75, 3.05) is 25.5 Å². The maximum atomic E-state index is 13.6. The molecule has 0 radical (unpaired) electrons. The molecule has 0 aliphatic carbocycles. The molecular weight excluding hydrogens is 475 g/mol.